The second kappa shape index (κ2) is 12.5. The minimum atomic E-state index is 0. The molecule has 2 aromatic carbocycles. The molecule has 0 aromatic heterocycles. The first-order valence-corrected chi connectivity index (χ1v) is 11.3. The number of rotatable bonds is 8. The van der Waals surface area contributed by atoms with Gasteiger partial charge in [-0.2, -0.15) is 0 Å². The summed E-state index contributed by atoms with van der Waals surface area (Å²) in [5, 5.41) is 3.74. The van der Waals surface area contributed by atoms with Crippen LogP contribution in [0.3, 0.4) is 0 Å². The van der Waals surface area contributed by atoms with Gasteiger partial charge in [0, 0.05) is 12.6 Å². The first-order valence-electron chi connectivity index (χ1n) is 10.5. The van der Waals surface area contributed by atoms with Crippen molar-refractivity contribution < 1.29 is 9.47 Å². The van der Waals surface area contributed by atoms with Gasteiger partial charge in [0.15, 0.2) is 11.5 Å². The topological polar surface area (TPSA) is 30.5 Å². The van der Waals surface area contributed by atoms with Crippen LogP contribution in [-0.4, -0.2) is 12.6 Å². The average Bonchev–Trinajstić information content (AvgIpc) is 2.96. The SMILES string of the molecule is CCOc1cc(CNC2CCCCCC2)cc(Br)c1OCc1ccc(C)cc1.Cl. The van der Waals surface area contributed by atoms with Gasteiger partial charge in [0.1, 0.15) is 6.61 Å². The third kappa shape index (κ3) is 7.51. The molecule has 3 nitrogen and oxygen atoms in total. The monoisotopic (exact) mass is 481 g/mol. The molecule has 1 aliphatic rings. The van der Waals surface area contributed by atoms with E-state index in [-0.39, 0.29) is 12.4 Å². The fourth-order valence-corrected chi connectivity index (χ4v) is 4.32. The van der Waals surface area contributed by atoms with Crippen molar-refractivity contribution in [2.24, 2.45) is 0 Å². The number of benzene rings is 2. The number of halogens is 2. The number of nitrogens with one attached hydrogen (secondary N) is 1. The van der Waals surface area contributed by atoms with E-state index in [0.29, 0.717) is 19.3 Å². The molecule has 0 spiro atoms. The van der Waals surface area contributed by atoms with Crippen LogP contribution < -0.4 is 14.8 Å². The van der Waals surface area contributed by atoms with E-state index in [1.807, 2.05) is 6.92 Å². The maximum absolute atomic E-state index is 6.12. The van der Waals surface area contributed by atoms with Crippen molar-refractivity contribution in [2.45, 2.75) is 71.6 Å². The van der Waals surface area contributed by atoms with Crippen molar-refractivity contribution in [1.82, 2.24) is 5.32 Å². The minimum absolute atomic E-state index is 0. The summed E-state index contributed by atoms with van der Waals surface area (Å²) in [5.74, 6) is 1.59. The summed E-state index contributed by atoms with van der Waals surface area (Å²) in [6.45, 7) is 6.11. The Hall–Kier alpha value is -1.23. The summed E-state index contributed by atoms with van der Waals surface area (Å²) >= 11 is 3.70. The van der Waals surface area contributed by atoms with Crippen LogP contribution in [0, 0.1) is 6.92 Å². The summed E-state index contributed by atoms with van der Waals surface area (Å²) in [7, 11) is 0. The lowest BCUT2D eigenvalue weighted by Crippen LogP contribution is -2.27. The highest BCUT2D eigenvalue weighted by molar-refractivity contribution is 9.10. The van der Waals surface area contributed by atoms with E-state index in [1.165, 1.54) is 49.7 Å². The smallest absolute Gasteiger partial charge is 0.175 e. The van der Waals surface area contributed by atoms with Gasteiger partial charge in [0.05, 0.1) is 11.1 Å². The standard InChI is InChI=1S/C24H32BrNO2.ClH/c1-3-27-23-15-20(16-26-21-8-6-4-5-7-9-21)14-22(25)24(23)28-17-19-12-10-18(2)11-13-19;/h10-15,21,26H,3-9,16-17H2,1-2H3;1H. The molecule has 0 atom stereocenters. The maximum atomic E-state index is 6.12. The van der Waals surface area contributed by atoms with Gasteiger partial charge in [0.2, 0.25) is 0 Å². The lowest BCUT2D eigenvalue weighted by molar-refractivity contribution is 0.267. The number of ether oxygens (including phenoxy) is 2. The molecule has 0 saturated heterocycles. The summed E-state index contributed by atoms with van der Waals surface area (Å²) in [6.07, 6.45) is 8.03. The highest BCUT2D eigenvalue weighted by atomic mass is 79.9. The second-order valence-corrected chi connectivity index (χ2v) is 8.54. The van der Waals surface area contributed by atoms with E-state index in [0.717, 1.165) is 28.1 Å². The molecule has 3 rings (SSSR count). The van der Waals surface area contributed by atoms with Crippen molar-refractivity contribution >= 4 is 28.3 Å². The molecule has 1 N–H and O–H groups in total. The molecule has 0 bridgehead atoms. The van der Waals surface area contributed by atoms with Gasteiger partial charge < -0.3 is 14.8 Å². The molecule has 0 heterocycles. The molecule has 1 aliphatic carbocycles. The Bertz CT molecular complexity index is 743. The Morgan fingerprint density at radius 1 is 0.966 bits per heavy atom. The minimum Gasteiger partial charge on any atom is -0.490 e. The highest BCUT2D eigenvalue weighted by Crippen LogP contribution is 2.37. The van der Waals surface area contributed by atoms with Gasteiger partial charge in [-0.1, -0.05) is 55.5 Å². The Morgan fingerprint density at radius 3 is 2.31 bits per heavy atom. The summed E-state index contributed by atoms with van der Waals surface area (Å²) in [5.41, 5.74) is 3.63. The number of aryl methyl sites for hydroxylation is 1. The molecule has 0 amide bonds. The largest absolute Gasteiger partial charge is 0.490 e. The second-order valence-electron chi connectivity index (χ2n) is 7.68. The molecular formula is C24H33BrClNO2. The van der Waals surface area contributed by atoms with Crippen LogP contribution in [0.5, 0.6) is 11.5 Å². The molecule has 1 saturated carbocycles. The number of hydrogen-bond acceptors (Lipinski definition) is 3. The fraction of sp³-hybridized carbons (Fsp3) is 0.500. The van der Waals surface area contributed by atoms with Crippen LogP contribution in [0.25, 0.3) is 0 Å². The highest BCUT2D eigenvalue weighted by Gasteiger charge is 2.15. The molecule has 1 fully saturated rings. The quantitative estimate of drug-likeness (QED) is 0.412. The predicted molar refractivity (Wildman–Crippen MR) is 126 cm³/mol. The van der Waals surface area contributed by atoms with Crippen molar-refractivity contribution in [3.63, 3.8) is 0 Å². The zero-order valence-electron chi connectivity index (χ0n) is 17.5. The van der Waals surface area contributed by atoms with Gasteiger partial charge in [-0.05, 0) is 65.9 Å². The molecule has 0 radical (unpaired) electrons. The van der Waals surface area contributed by atoms with E-state index in [4.69, 9.17) is 9.47 Å². The zero-order chi connectivity index (χ0) is 19.8. The van der Waals surface area contributed by atoms with Crippen LogP contribution in [0.15, 0.2) is 40.9 Å². The van der Waals surface area contributed by atoms with Gasteiger partial charge in [-0.15, -0.1) is 12.4 Å². The van der Waals surface area contributed by atoms with E-state index in [1.54, 1.807) is 0 Å². The van der Waals surface area contributed by atoms with E-state index in [2.05, 4.69) is 64.6 Å². The first-order chi connectivity index (χ1) is 13.7. The molecule has 0 unspecified atom stereocenters. The molecule has 2 aromatic rings. The summed E-state index contributed by atoms with van der Waals surface area (Å²) < 4.78 is 13.0. The summed E-state index contributed by atoms with van der Waals surface area (Å²) in [4.78, 5) is 0. The van der Waals surface area contributed by atoms with Crippen LogP contribution in [0.4, 0.5) is 0 Å². The Kier molecular flexibility index (Phi) is 10.3. The average molecular weight is 483 g/mol. The molecular weight excluding hydrogens is 450 g/mol. The third-order valence-electron chi connectivity index (χ3n) is 5.32. The molecule has 0 aliphatic heterocycles. The van der Waals surface area contributed by atoms with Gasteiger partial charge in [-0.25, -0.2) is 0 Å². The normalized spacial score (nSPS) is 14.7. The Balaban J connectivity index is 0.00000300. The van der Waals surface area contributed by atoms with E-state index >= 15 is 0 Å². The lowest BCUT2D eigenvalue weighted by atomic mass is 10.1. The fourth-order valence-electron chi connectivity index (χ4n) is 3.71. The maximum Gasteiger partial charge on any atom is 0.175 e. The Labute approximate surface area is 190 Å². The van der Waals surface area contributed by atoms with Crippen molar-refractivity contribution in [1.29, 1.82) is 0 Å². The van der Waals surface area contributed by atoms with Gasteiger partial charge in [0.25, 0.3) is 0 Å². The zero-order valence-corrected chi connectivity index (χ0v) is 19.9. The van der Waals surface area contributed by atoms with Crippen LogP contribution in [0.2, 0.25) is 0 Å². The predicted octanol–water partition coefficient (Wildman–Crippen LogP) is 6.97. The van der Waals surface area contributed by atoms with Crippen molar-refractivity contribution in [3.8, 4) is 11.5 Å². The van der Waals surface area contributed by atoms with Crippen LogP contribution in [-0.2, 0) is 13.2 Å². The Morgan fingerprint density at radius 2 is 1.66 bits per heavy atom. The van der Waals surface area contributed by atoms with Gasteiger partial charge in [-0.3, -0.25) is 0 Å². The van der Waals surface area contributed by atoms with Crippen molar-refractivity contribution in [3.05, 3.63) is 57.6 Å². The first kappa shape index (κ1) is 24.0. The van der Waals surface area contributed by atoms with Crippen molar-refractivity contribution in [2.75, 3.05) is 6.61 Å². The molecule has 5 heteroatoms. The lowest BCUT2D eigenvalue weighted by Gasteiger charge is -2.19. The summed E-state index contributed by atoms with van der Waals surface area (Å²) in [6, 6.07) is 13.3. The van der Waals surface area contributed by atoms with Crippen LogP contribution in [0.1, 0.15) is 62.1 Å². The van der Waals surface area contributed by atoms with E-state index in [9.17, 15) is 0 Å². The number of hydrogen-bond donors (Lipinski definition) is 1. The molecule has 160 valence electrons. The van der Waals surface area contributed by atoms with Crippen LogP contribution >= 0.6 is 28.3 Å². The van der Waals surface area contributed by atoms with Gasteiger partial charge >= 0.3 is 0 Å². The van der Waals surface area contributed by atoms with E-state index < -0.39 is 0 Å². The molecule has 29 heavy (non-hydrogen) atoms. The third-order valence-corrected chi connectivity index (χ3v) is 5.91.